The minimum Gasteiger partial charge on any atom is -0.496 e. The Morgan fingerprint density at radius 1 is 1.24 bits per heavy atom. The fourth-order valence-corrected chi connectivity index (χ4v) is 1.83. The van der Waals surface area contributed by atoms with E-state index in [1.165, 1.54) is 0 Å². The van der Waals surface area contributed by atoms with E-state index in [4.69, 9.17) is 21.1 Å². The molecule has 0 spiro atoms. The Morgan fingerprint density at radius 2 is 2.00 bits per heavy atom. The van der Waals surface area contributed by atoms with Gasteiger partial charge in [0.1, 0.15) is 5.75 Å². The van der Waals surface area contributed by atoms with Crippen molar-refractivity contribution in [1.82, 2.24) is 9.97 Å². The van der Waals surface area contributed by atoms with Crippen molar-refractivity contribution in [3.8, 4) is 23.0 Å². The molecule has 90 valence electrons. The highest BCUT2D eigenvalue weighted by molar-refractivity contribution is 6.31. The van der Waals surface area contributed by atoms with Crippen LogP contribution in [-0.4, -0.2) is 24.2 Å². The minimum absolute atomic E-state index is 0.472. The van der Waals surface area contributed by atoms with Gasteiger partial charge in [0, 0.05) is 16.3 Å². The monoisotopic (exact) mass is 252 g/mol. The van der Waals surface area contributed by atoms with Crippen LogP contribution in [0.15, 0.2) is 18.2 Å². The smallest absolute Gasteiger partial charge is 0.294 e. The number of nitrogens with one attached hydrogen (secondary N) is 1. The summed E-state index contributed by atoms with van der Waals surface area (Å²) in [7, 11) is 3.18. The first kappa shape index (κ1) is 11.8. The Labute approximate surface area is 105 Å². The third-order valence-electron chi connectivity index (χ3n) is 2.47. The summed E-state index contributed by atoms with van der Waals surface area (Å²) in [6.07, 6.45) is 0. The van der Waals surface area contributed by atoms with Gasteiger partial charge in [0.2, 0.25) is 0 Å². The molecule has 0 saturated heterocycles. The summed E-state index contributed by atoms with van der Waals surface area (Å²) < 4.78 is 10.4. The molecular formula is C12H13ClN2O2. The van der Waals surface area contributed by atoms with Gasteiger partial charge in [-0.15, -0.1) is 0 Å². The van der Waals surface area contributed by atoms with Crippen LogP contribution in [0.5, 0.6) is 11.8 Å². The quantitative estimate of drug-likeness (QED) is 0.913. The lowest BCUT2D eigenvalue weighted by atomic mass is 10.1. The van der Waals surface area contributed by atoms with Crippen LogP contribution in [0, 0.1) is 6.92 Å². The zero-order valence-electron chi connectivity index (χ0n) is 9.87. The fourth-order valence-electron chi connectivity index (χ4n) is 1.66. The molecule has 0 bridgehead atoms. The molecule has 2 aromatic rings. The average Bonchev–Trinajstić information content (AvgIpc) is 2.70. The van der Waals surface area contributed by atoms with Gasteiger partial charge in [-0.2, -0.15) is 4.98 Å². The second-order valence-corrected chi connectivity index (χ2v) is 4.00. The predicted octanol–water partition coefficient (Wildman–Crippen LogP) is 3.06. The molecule has 0 aliphatic rings. The Kier molecular flexibility index (Phi) is 3.24. The van der Waals surface area contributed by atoms with Gasteiger partial charge in [-0.3, -0.25) is 0 Å². The van der Waals surface area contributed by atoms with Gasteiger partial charge in [-0.05, 0) is 25.1 Å². The maximum absolute atomic E-state index is 5.99. The Morgan fingerprint density at radius 3 is 2.59 bits per heavy atom. The molecule has 0 amide bonds. The summed E-state index contributed by atoms with van der Waals surface area (Å²) in [5, 5.41) is 0.641. The van der Waals surface area contributed by atoms with Crippen LogP contribution >= 0.6 is 11.6 Å². The largest absolute Gasteiger partial charge is 0.496 e. The third-order valence-corrected chi connectivity index (χ3v) is 2.71. The molecule has 1 aromatic carbocycles. The van der Waals surface area contributed by atoms with Gasteiger partial charge in [-0.25, -0.2) is 0 Å². The van der Waals surface area contributed by atoms with E-state index in [-0.39, 0.29) is 0 Å². The van der Waals surface area contributed by atoms with Crippen molar-refractivity contribution < 1.29 is 9.47 Å². The molecule has 1 N–H and O–H groups in total. The van der Waals surface area contributed by atoms with Crippen LogP contribution < -0.4 is 9.47 Å². The van der Waals surface area contributed by atoms with Gasteiger partial charge >= 0.3 is 0 Å². The van der Waals surface area contributed by atoms with Gasteiger partial charge < -0.3 is 14.5 Å². The van der Waals surface area contributed by atoms with E-state index in [1.807, 2.05) is 19.1 Å². The van der Waals surface area contributed by atoms with Crippen LogP contribution in [0.1, 0.15) is 5.69 Å². The molecule has 0 radical (unpaired) electrons. The van der Waals surface area contributed by atoms with Crippen molar-refractivity contribution >= 4 is 11.6 Å². The van der Waals surface area contributed by atoms with Crippen LogP contribution in [0.25, 0.3) is 11.3 Å². The second-order valence-electron chi connectivity index (χ2n) is 3.56. The van der Waals surface area contributed by atoms with Crippen LogP contribution in [0.2, 0.25) is 5.02 Å². The molecule has 2 rings (SSSR count). The second kappa shape index (κ2) is 4.67. The van der Waals surface area contributed by atoms with Gasteiger partial charge in [0.15, 0.2) is 0 Å². The number of aromatic nitrogens is 2. The van der Waals surface area contributed by atoms with E-state index in [0.717, 1.165) is 22.7 Å². The molecule has 0 atom stereocenters. The van der Waals surface area contributed by atoms with E-state index in [0.29, 0.717) is 11.0 Å². The molecule has 0 aliphatic carbocycles. The highest BCUT2D eigenvalue weighted by atomic mass is 35.5. The summed E-state index contributed by atoms with van der Waals surface area (Å²) in [4.78, 5) is 7.36. The van der Waals surface area contributed by atoms with Crippen LogP contribution in [0.3, 0.4) is 0 Å². The number of rotatable bonds is 3. The Balaban J connectivity index is 2.58. The molecular weight excluding hydrogens is 240 g/mol. The van der Waals surface area contributed by atoms with Crippen LogP contribution in [0.4, 0.5) is 0 Å². The number of aromatic amines is 1. The number of hydrogen-bond donors (Lipinski definition) is 1. The maximum Gasteiger partial charge on any atom is 0.294 e. The van der Waals surface area contributed by atoms with Crippen molar-refractivity contribution in [1.29, 1.82) is 0 Å². The van der Waals surface area contributed by atoms with Crippen LogP contribution in [-0.2, 0) is 0 Å². The molecule has 5 heteroatoms. The number of aryl methyl sites for hydroxylation is 1. The lowest BCUT2D eigenvalue weighted by molar-refractivity contribution is 0.384. The molecule has 0 unspecified atom stereocenters. The number of halogens is 1. The fraction of sp³-hybridized carbons (Fsp3) is 0.250. The number of benzene rings is 1. The lowest BCUT2D eigenvalue weighted by Gasteiger charge is -2.07. The predicted molar refractivity (Wildman–Crippen MR) is 66.9 cm³/mol. The molecule has 0 aliphatic heterocycles. The average molecular weight is 253 g/mol. The highest BCUT2D eigenvalue weighted by Gasteiger charge is 2.14. The van der Waals surface area contributed by atoms with E-state index in [2.05, 4.69) is 9.97 Å². The summed E-state index contributed by atoms with van der Waals surface area (Å²) in [5.41, 5.74) is 2.53. The highest BCUT2D eigenvalue weighted by Crippen LogP contribution is 2.34. The number of methoxy groups -OCH3 is 2. The van der Waals surface area contributed by atoms with Crippen molar-refractivity contribution in [2.45, 2.75) is 6.92 Å². The third kappa shape index (κ3) is 2.22. The van der Waals surface area contributed by atoms with Crippen molar-refractivity contribution in [2.24, 2.45) is 0 Å². The zero-order valence-corrected chi connectivity index (χ0v) is 10.6. The van der Waals surface area contributed by atoms with Crippen molar-refractivity contribution in [2.75, 3.05) is 14.2 Å². The van der Waals surface area contributed by atoms with Crippen molar-refractivity contribution in [3.05, 3.63) is 28.9 Å². The van der Waals surface area contributed by atoms with Gasteiger partial charge in [0.25, 0.3) is 6.01 Å². The summed E-state index contributed by atoms with van der Waals surface area (Å²) in [6.45, 7) is 1.92. The summed E-state index contributed by atoms with van der Waals surface area (Å²) in [6, 6.07) is 5.89. The molecule has 1 aromatic heterocycles. The minimum atomic E-state index is 0.472. The van der Waals surface area contributed by atoms with E-state index >= 15 is 0 Å². The summed E-state index contributed by atoms with van der Waals surface area (Å²) in [5.74, 6) is 0.728. The number of hydrogen-bond acceptors (Lipinski definition) is 3. The van der Waals surface area contributed by atoms with E-state index < -0.39 is 0 Å². The number of H-pyrrole nitrogens is 1. The Hall–Kier alpha value is -1.68. The number of ether oxygens (including phenoxy) is 2. The number of imidazole rings is 1. The van der Waals surface area contributed by atoms with Gasteiger partial charge in [-0.1, -0.05) is 11.6 Å². The van der Waals surface area contributed by atoms with Gasteiger partial charge in [0.05, 0.1) is 19.9 Å². The number of nitrogens with zero attached hydrogens (tertiary/aromatic N) is 1. The van der Waals surface area contributed by atoms with Crippen molar-refractivity contribution in [3.63, 3.8) is 0 Å². The first-order valence-electron chi connectivity index (χ1n) is 5.10. The molecule has 17 heavy (non-hydrogen) atoms. The molecule has 0 fully saturated rings. The summed E-state index contributed by atoms with van der Waals surface area (Å²) >= 11 is 5.99. The standard InChI is InChI=1S/C12H13ClN2O2/c1-7-11(15-12(14-7)17-3)9-6-8(13)4-5-10(9)16-2/h4-6H,1-3H3,(H,14,15). The first-order chi connectivity index (χ1) is 8.15. The van der Waals surface area contributed by atoms with E-state index in [1.54, 1.807) is 20.3 Å². The normalized spacial score (nSPS) is 10.4. The van der Waals surface area contributed by atoms with E-state index in [9.17, 15) is 0 Å². The molecule has 0 saturated carbocycles. The lowest BCUT2D eigenvalue weighted by Crippen LogP contribution is -1.89. The zero-order chi connectivity index (χ0) is 12.4. The topological polar surface area (TPSA) is 47.1 Å². The molecule has 1 heterocycles. The Bertz CT molecular complexity index is 537. The SMILES string of the molecule is COc1nc(-c2cc(Cl)ccc2OC)c(C)[nH]1. The maximum atomic E-state index is 5.99. The first-order valence-corrected chi connectivity index (χ1v) is 5.48. The molecule has 4 nitrogen and oxygen atoms in total.